The van der Waals surface area contributed by atoms with E-state index in [9.17, 15) is 14.4 Å². The number of hydrogen-bond acceptors (Lipinski definition) is 4. The molecule has 2 heterocycles. The third-order valence-electron chi connectivity index (χ3n) is 3.75. The van der Waals surface area contributed by atoms with Crippen molar-refractivity contribution in [1.82, 2.24) is 10.2 Å². The van der Waals surface area contributed by atoms with Crippen molar-refractivity contribution in [3.63, 3.8) is 0 Å². The number of rotatable bonds is 7. The Morgan fingerprint density at radius 3 is 2.41 bits per heavy atom. The number of halogens is 1. The van der Waals surface area contributed by atoms with E-state index in [1.807, 2.05) is 13.8 Å². The van der Waals surface area contributed by atoms with Gasteiger partial charge in [-0.2, -0.15) is 0 Å². The van der Waals surface area contributed by atoms with Crippen molar-refractivity contribution in [2.75, 3.05) is 6.54 Å². The Bertz CT molecular complexity index is 593. The lowest BCUT2D eigenvalue weighted by Gasteiger charge is -2.25. The van der Waals surface area contributed by atoms with Crippen LogP contribution in [0.5, 0.6) is 0 Å². The molecule has 0 aliphatic carbocycles. The highest BCUT2D eigenvalue weighted by molar-refractivity contribution is 9.11. The van der Waals surface area contributed by atoms with Crippen LogP contribution in [-0.2, 0) is 4.79 Å². The minimum Gasteiger partial charge on any atom is -0.323 e. The van der Waals surface area contributed by atoms with Gasteiger partial charge in [0.25, 0.3) is 5.91 Å². The van der Waals surface area contributed by atoms with Crippen molar-refractivity contribution in [3.05, 3.63) is 20.8 Å². The predicted molar refractivity (Wildman–Crippen MR) is 89.1 cm³/mol. The van der Waals surface area contributed by atoms with Crippen molar-refractivity contribution >= 4 is 45.0 Å². The van der Waals surface area contributed by atoms with Crippen LogP contribution in [0.25, 0.3) is 0 Å². The van der Waals surface area contributed by atoms with Gasteiger partial charge >= 0.3 is 6.03 Å². The van der Waals surface area contributed by atoms with Gasteiger partial charge in [0.05, 0.1) is 15.2 Å². The highest BCUT2D eigenvalue weighted by Crippen LogP contribution is 2.29. The van der Waals surface area contributed by atoms with Crippen LogP contribution >= 0.6 is 27.3 Å². The van der Waals surface area contributed by atoms with Crippen molar-refractivity contribution < 1.29 is 14.4 Å². The molecule has 7 heteroatoms. The third kappa shape index (κ3) is 3.25. The molecule has 3 amide bonds. The van der Waals surface area contributed by atoms with E-state index in [0.29, 0.717) is 17.7 Å². The molecule has 0 spiro atoms. The van der Waals surface area contributed by atoms with Gasteiger partial charge in [-0.25, -0.2) is 4.79 Å². The number of Topliss-reactive ketones (excluding diaryl/α,β-unsaturated/α-hetero) is 1. The zero-order valence-corrected chi connectivity index (χ0v) is 15.1. The van der Waals surface area contributed by atoms with Gasteiger partial charge in [0, 0.05) is 0 Å². The standard InChI is InChI=1S/C15H19BrN2O3S/c1-3-7-15(8-4-2)13(20)18(14(21)17-15)9-10(19)11-5-6-12(16)22-11/h5-6H,3-4,7-9H2,1-2H3,(H,17,21). The molecule has 1 aromatic heterocycles. The van der Waals surface area contributed by atoms with Gasteiger partial charge in [-0.15, -0.1) is 11.3 Å². The first-order valence-corrected chi connectivity index (χ1v) is 8.97. The van der Waals surface area contributed by atoms with E-state index in [1.54, 1.807) is 12.1 Å². The van der Waals surface area contributed by atoms with E-state index in [0.717, 1.165) is 21.5 Å². The number of ketones is 1. The molecule has 1 saturated heterocycles. The van der Waals surface area contributed by atoms with Crippen LogP contribution in [0.2, 0.25) is 0 Å². The topological polar surface area (TPSA) is 66.5 Å². The minimum atomic E-state index is -0.836. The summed E-state index contributed by atoms with van der Waals surface area (Å²) >= 11 is 4.60. The second kappa shape index (κ2) is 6.91. The molecule has 1 aromatic rings. The Labute approximate surface area is 142 Å². The largest absolute Gasteiger partial charge is 0.325 e. The van der Waals surface area contributed by atoms with E-state index < -0.39 is 11.6 Å². The second-order valence-electron chi connectivity index (χ2n) is 5.43. The molecule has 1 aliphatic heterocycles. The van der Waals surface area contributed by atoms with E-state index in [-0.39, 0.29) is 18.2 Å². The fourth-order valence-corrected chi connectivity index (χ4v) is 4.14. The van der Waals surface area contributed by atoms with Crippen LogP contribution in [0.4, 0.5) is 4.79 Å². The molecule has 0 unspecified atom stereocenters. The van der Waals surface area contributed by atoms with Crippen LogP contribution in [0.1, 0.15) is 49.2 Å². The van der Waals surface area contributed by atoms with Crippen LogP contribution in [-0.4, -0.2) is 34.7 Å². The fraction of sp³-hybridized carbons (Fsp3) is 0.533. The van der Waals surface area contributed by atoms with E-state index in [4.69, 9.17) is 0 Å². The van der Waals surface area contributed by atoms with Gasteiger partial charge < -0.3 is 5.32 Å². The normalized spacial score (nSPS) is 17.0. The number of carbonyl (C=O) groups is 3. The number of carbonyl (C=O) groups excluding carboxylic acids is 3. The van der Waals surface area contributed by atoms with Gasteiger partial charge in [-0.3, -0.25) is 14.5 Å². The van der Waals surface area contributed by atoms with Gasteiger partial charge in [-0.1, -0.05) is 26.7 Å². The first-order valence-electron chi connectivity index (χ1n) is 7.36. The zero-order valence-electron chi connectivity index (χ0n) is 12.6. The van der Waals surface area contributed by atoms with Crippen molar-refractivity contribution in [2.24, 2.45) is 0 Å². The number of imide groups is 1. The number of thiophene rings is 1. The maximum absolute atomic E-state index is 12.7. The summed E-state index contributed by atoms with van der Waals surface area (Å²) in [5.41, 5.74) is -0.836. The summed E-state index contributed by atoms with van der Waals surface area (Å²) in [5, 5.41) is 2.81. The van der Waals surface area contributed by atoms with Crippen LogP contribution in [0.15, 0.2) is 15.9 Å². The lowest BCUT2D eigenvalue weighted by atomic mass is 9.88. The highest BCUT2D eigenvalue weighted by atomic mass is 79.9. The molecule has 22 heavy (non-hydrogen) atoms. The Hall–Kier alpha value is -1.21. The molecule has 1 aliphatic rings. The van der Waals surface area contributed by atoms with Crippen molar-refractivity contribution in [2.45, 2.75) is 45.1 Å². The van der Waals surface area contributed by atoms with Gasteiger partial charge in [0.15, 0.2) is 5.78 Å². The molecule has 0 radical (unpaired) electrons. The van der Waals surface area contributed by atoms with Crippen LogP contribution in [0, 0.1) is 0 Å². The van der Waals surface area contributed by atoms with E-state index >= 15 is 0 Å². The average molecular weight is 387 g/mol. The molecule has 1 N–H and O–H groups in total. The Morgan fingerprint density at radius 2 is 1.91 bits per heavy atom. The zero-order chi connectivity index (χ0) is 16.3. The lowest BCUT2D eigenvalue weighted by Crippen LogP contribution is -2.47. The first kappa shape index (κ1) is 17.1. The van der Waals surface area contributed by atoms with Gasteiger partial charge in [-0.05, 0) is 40.9 Å². The maximum atomic E-state index is 12.7. The maximum Gasteiger partial charge on any atom is 0.325 e. The summed E-state index contributed by atoms with van der Waals surface area (Å²) in [5.74, 6) is -0.492. The van der Waals surface area contributed by atoms with Crippen molar-refractivity contribution in [1.29, 1.82) is 0 Å². The molecule has 120 valence electrons. The van der Waals surface area contributed by atoms with Gasteiger partial charge in [0.2, 0.25) is 0 Å². The average Bonchev–Trinajstić information content (AvgIpc) is 2.98. The molecule has 0 aromatic carbocycles. The molecular weight excluding hydrogens is 368 g/mol. The van der Waals surface area contributed by atoms with Gasteiger partial charge in [0.1, 0.15) is 5.54 Å². The second-order valence-corrected chi connectivity index (χ2v) is 7.89. The SMILES string of the molecule is CCCC1(CCC)NC(=O)N(CC(=O)c2ccc(Br)s2)C1=O. The summed E-state index contributed by atoms with van der Waals surface area (Å²) in [6.07, 6.45) is 2.79. The molecule has 1 fully saturated rings. The van der Waals surface area contributed by atoms with Crippen LogP contribution < -0.4 is 5.32 Å². The van der Waals surface area contributed by atoms with Crippen LogP contribution in [0.3, 0.4) is 0 Å². The molecule has 0 atom stereocenters. The lowest BCUT2D eigenvalue weighted by molar-refractivity contribution is -0.131. The summed E-state index contributed by atoms with van der Waals surface area (Å²) in [6, 6.07) is 3.01. The first-order chi connectivity index (χ1) is 10.4. The summed E-state index contributed by atoms with van der Waals surface area (Å²) < 4.78 is 0.847. The number of amides is 3. The fourth-order valence-electron chi connectivity index (χ4n) is 2.82. The molecule has 0 saturated carbocycles. The Kier molecular flexibility index (Phi) is 5.39. The Morgan fingerprint density at radius 1 is 1.27 bits per heavy atom. The highest BCUT2D eigenvalue weighted by Gasteiger charge is 2.50. The smallest absolute Gasteiger partial charge is 0.323 e. The number of nitrogens with zero attached hydrogens (tertiary/aromatic N) is 1. The quantitative estimate of drug-likeness (QED) is 0.575. The molecule has 2 rings (SSSR count). The monoisotopic (exact) mass is 386 g/mol. The van der Waals surface area contributed by atoms with E-state index in [2.05, 4.69) is 21.2 Å². The summed E-state index contributed by atoms with van der Waals surface area (Å²) in [6.45, 7) is 3.76. The number of nitrogens with one attached hydrogen (secondary N) is 1. The number of hydrogen-bond donors (Lipinski definition) is 1. The molecule has 5 nitrogen and oxygen atoms in total. The Balaban J connectivity index is 2.16. The third-order valence-corrected chi connectivity index (χ3v) is 5.41. The predicted octanol–water partition coefficient (Wildman–Crippen LogP) is 3.58. The summed E-state index contributed by atoms with van der Waals surface area (Å²) in [4.78, 5) is 38.7. The van der Waals surface area contributed by atoms with Crippen molar-refractivity contribution in [3.8, 4) is 0 Å². The number of urea groups is 1. The molecular formula is C15H19BrN2O3S. The van der Waals surface area contributed by atoms with E-state index in [1.165, 1.54) is 11.3 Å². The molecule has 0 bridgehead atoms. The minimum absolute atomic E-state index is 0.202. The summed E-state index contributed by atoms with van der Waals surface area (Å²) in [7, 11) is 0.